The molecular weight excluding hydrogens is 626 g/mol. The number of carbonyl (C=O) groups excluding carboxylic acids is 2. The number of nitro benzene ring substituents is 2. The molecule has 5 N–H and O–H groups in total. The molecule has 0 saturated carbocycles. The molecule has 1 saturated heterocycles. The first-order chi connectivity index (χ1) is 20.6. The van der Waals surface area contributed by atoms with Gasteiger partial charge in [-0.2, -0.15) is 0 Å². The molecule has 230 valence electrons. The van der Waals surface area contributed by atoms with Crippen LogP contribution < -0.4 is 11.1 Å². The van der Waals surface area contributed by atoms with Crippen LogP contribution >= 0.6 is 23.1 Å². The van der Waals surface area contributed by atoms with Gasteiger partial charge in [-0.15, -0.1) is 23.1 Å². The van der Waals surface area contributed by atoms with Gasteiger partial charge < -0.3 is 26.1 Å². The summed E-state index contributed by atoms with van der Waals surface area (Å²) in [6.07, 6.45) is 2.19. The largest absolute Gasteiger partial charge is 0.478 e. The van der Waals surface area contributed by atoms with Gasteiger partial charge in [-0.3, -0.25) is 34.7 Å². The number of hydrogen-bond acceptors (Lipinski definition) is 14. The van der Waals surface area contributed by atoms with Crippen LogP contribution in [0.2, 0.25) is 0 Å². The number of nitrogens with zero attached hydrogens (tertiary/aromatic N) is 5. The summed E-state index contributed by atoms with van der Waals surface area (Å²) in [5, 5.41) is 48.8. The van der Waals surface area contributed by atoms with Crippen LogP contribution in [-0.4, -0.2) is 82.2 Å². The fraction of sp³-hybridized carbons (Fsp3) is 0.250. The fourth-order valence-electron chi connectivity index (χ4n) is 3.99. The lowest BCUT2D eigenvalue weighted by Crippen LogP contribution is -2.71. The molecule has 20 heteroatoms. The van der Waals surface area contributed by atoms with Crippen molar-refractivity contribution in [1.82, 2.24) is 15.2 Å². The highest BCUT2D eigenvalue weighted by molar-refractivity contribution is 8.00. The molecule has 1 aromatic carbocycles. The highest BCUT2D eigenvalue weighted by Crippen LogP contribution is 2.41. The SMILES string of the molecule is CC(C)(O/N=C(\C(=O)NC1C(=O)N2C(C(=O)O)=C(/C=C/c3c([N+](=O)[O-])cccc3[N+](=O)[O-])CS[C@H]12)c1csc(N)n1)C(=O)O. The highest BCUT2D eigenvalue weighted by Gasteiger charge is 2.54. The Balaban J connectivity index is 1.61. The number of amides is 2. The van der Waals surface area contributed by atoms with Crippen LogP contribution in [0.3, 0.4) is 0 Å². The molecule has 0 bridgehead atoms. The fourth-order valence-corrected chi connectivity index (χ4v) is 5.86. The third-order valence-corrected chi connectivity index (χ3v) is 8.23. The van der Waals surface area contributed by atoms with Crippen molar-refractivity contribution < 1.29 is 44.1 Å². The summed E-state index contributed by atoms with van der Waals surface area (Å²) in [7, 11) is 0. The van der Waals surface area contributed by atoms with E-state index in [9.17, 15) is 49.6 Å². The number of rotatable bonds is 11. The number of carbonyl (C=O) groups is 4. The predicted octanol–water partition coefficient (Wildman–Crippen LogP) is 1.58. The number of benzene rings is 1. The zero-order valence-electron chi connectivity index (χ0n) is 22.5. The molecule has 2 aromatic rings. The number of nitrogens with one attached hydrogen (secondary N) is 1. The van der Waals surface area contributed by atoms with Crippen LogP contribution in [0.25, 0.3) is 6.08 Å². The third-order valence-electron chi connectivity index (χ3n) is 6.25. The molecule has 2 aliphatic rings. The smallest absolute Gasteiger partial charge is 0.352 e. The number of nitrogen functional groups attached to an aromatic ring is 1. The van der Waals surface area contributed by atoms with E-state index in [0.717, 1.165) is 58.3 Å². The Morgan fingerprint density at radius 2 is 1.84 bits per heavy atom. The molecule has 2 amide bonds. The number of anilines is 1. The van der Waals surface area contributed by atoms with Crippen molar-refractivity contribution >= 4 is 75.1 Å². The van der Waals surface area contributed by atoms with Gasteiger partial charge in [-0.05, 0) is 31.6 Å². The number of thiazole rings is 1. The van der Waals surface area contributed by atoms with E-state index in [2.05, 4.69) is 15.5 Å². The molecule has 2 atom stereocenters. The Kier molecular flexibility index (Phi) is 8.67. The number of nitro groups is 2. The number of nitrogens with two attached hydrogens (primary N) is 1. The Labute approximate surface area is 254 Å². The van der Waals surface area contributed by atoms with Crippen LogP contribution in [0.5, 0.6) is 0 Å². The normalized spacial score (nSPS) is 18.5. The number of thioether (sulfide) groups is 1. The maximum Gasteiger partial charge on any atom is 0.352 e. The van der Waals surface area contributed by atoms with Crippen molar-refractivity contribution in [3.63, 3.8) is 0 Å². The highest BCUT2D eigenvalue weighted by atomic mass is 32.2. The van der Waals surface area contributed by atoms with E-state index in [1.54, 1.807) is 0 Å². The van der Waals surface area contributed by atoms with Gasteiger partial charge in [-0.1, -0.05) is 11.2 Å². The van der Waals surface area contributed by atoms with Crippen molar-refractivity contribution in [2.75, 3.05) is 11.5 Å². The van der Waals surface area contributed by atoms with Gasteiger partial charge in [0.1, 0.15) is 28.4 Å². The van der Waals surface area contributed by atoms with Gasteiger partial charge in [0.05, 0.1) is 9.85 Å². The van der Waals surface area contributed by atoms with Gasteiger partial charge in [-0.25, -0.2) is 14.6 Å². The molecule has 1 aromatic heterocycles. The molecule has 0 aliphatic carbocycles. The molecule has 1 fully saturated rings. The number of oxime groups is 1. The summed E-state index contributed by atoms with van der Waals surface area (Å²) in [6.45, 7) is 2.38. The number of carboxylic acid groups (broad SMARTS) is 2. The Morgan fingerprint density at radius 1 is 1.20 bits per heavy atom. The first-order valence-electron chi connectivity index (χ1n) is 12.2. The van der Waals surface area contributed by atoms with E-state index >= 15 is 0 Å². The summed E-state index contributed by atoms with van der Waals surface area (Å²) in [4.78, 5) is 81.2. The van der Waals surface area contributed by atoms with Gasteiger partial charge in [0.25, 0.3) is 23.2 Å². The Bertz CT molecular complexity index is 1670. The van der Waals surface area contributed by atoms with Crippen molar-refractivity contribution in [3.05, 3.63) is 72.4 Å². The molecular formula is C24H21N7O11S2. The van der Waals surface area contributed by atoms with Crippen LogP contribution in [0.15, 0.2) is 46.1 Å². The maximum absolute atomic E-state index is 13.2. The molecule has 0 spiro atoms. The molecule has 4 rings (SSSR count). The second kappa shape index (κ2) is 12.1. The average molecular weight is 648 g/mol. The van der Waals surface area contributed by atoms with Gasteiger partial charge in [0, 0.05) is 23.3 Å². The summed E-state index contributed by atoms with van der Waals surface area (Å²) < 4.78 is 0. The maximum atomic E-state index is 13.2. The van der Waals surface area contributed by atoms with E-state index in [-0.39, 0.29) is 27.7 Å². The third kappa shape index (κ3) is 6.06. The van der Waals surface area contributed by atoms with Crippen molar-refractivity contribution in [3.8, 4) is 0 Å². The van der Waals surface area contributed by atoms with E-state index in [1.807, 2.05) is 0 Å². The monoisotopic (exact) mass is 647 g/mol. The number of aliphatic carboxylic acids is 2. The van der Waals surface area contributed by atoms with Crippen molar-refractivity contribution in [1.29, 1.82) is 0 Å². The predicted molar refractivity (Wildman–Crippen MR) is 154 cm³/mol. The average Bonchev–Trinajstić information content (AvgIpc) is 3.39. The first kappa shape index (κ1) is 31.6. The molecule has 44 heavy (non-hydrogen) atoms. The number of allylic oxidation sites excluding steroid dienone is 1. The van der Waals surface area contributed by atoms with E-state index < -0.39 is 73.4 Å². The minimum atomic E-state index is -1.83. The number of carboxylic acids is 2. The van der Waals surface area contributed by atoms with Crippen LogP contribution in [0, 0.1) is 20.2 Å². The molecule has 0 radical (unpaired) electrons. The van der Waals surface area contributed by atoms with E-state index in [1.165, 1.54) is 19.2 Å². The molecule has 3 heterocycles. The molecule has 18 nitrogen and oxygen atoms in total. The molecule has 1 unspecified atom stereocenters. The van der Waals surface area contributed by atoms with Crippen LogP contribution in [-0.2, 0) is 24.0 Å². The summed E-state index contributed by atoms with van der Waals surface area (Å²) in [6, 6.07) is 2.02. The minimum absolute atomic E-state index is 0.0360. The zero-order chi connectivity index (χ0) is 32.5. The van der Waals surface area contributed by atoms with E-state index in [4.69, 9.17) is 10.6 Å². The van der Waals surface area contributed by atoms with Gasteiger partial charge in [0.15, 0.2) is 10.8 Å². The second-order valence-corrected chi connectivity index (χ2v) is 11.5. The summed E-state index contributed by atoms with van der Waals surface area (Å²) >= 11 is 2.01. The lowest BCUT2D eigenvalue weighted by molar-refractivity contribution is -0.394. The second-order valence-electron chi connectivity index (χ2n) is 9.52. The van der Waals surface area contributed by atoms with Crippen LogP contribution in [0.1, 0.15) is 25.1 Å². The summed E-state index contributed by atoms with van der Waals surface area (Å²) in [5.41, 5.74) is 1.31. The Morgan fingerprint density at radius 3 is 2.36 bits per heavy atom. The van der Waals surface area contributed by atoms with Gasteiger partial charge in [0.2, 0.25) is 5.60 Å². The minimum Gasteiger partial charge on any atom is -0.478 e. The Hall–Kier alpha value is -5.37. The molecule has 2 aliphatic heterocycles. The topological polar surface area (TPSA) is 271 Å². The summed E-state index contributed by atoms with van der Waals surface area (Å²) in [5.74, 6) is -4.75. The quantitative estimate of drug-likeness (QED) is 0.117. The number of aromatic nitrogens is 1. The van der Waals surface area contributed by atoms with Crippen molar-refractivity contribution in [2.45, 2.75) is 30.9 Å². The lowest BCUT2D eigenvalue weighted by Gasteiger charge is -2.49. The first-order valence-corrected chi connectivity index (χ1v) is 14.1. The van der Waals surface area contributed by atoms with Crippen LogP contribution in [0.4, 0.5) is 16.5 Å². The standard InChI is InChI=1S/C24H21N7O11S2/c1-24(2,22(36)37)42-28-15(12-9-44-23(25)26-12)18(32)27-16-19(33)29-17(21(34)35)10(8-43-20(16)29)6-7-11-13(30(38)39)4-3-5-14(11)31(40)41/h3-7,9,16,20H,8H2,1-2H3,(H2,25,26)(H,27,32)(H,34,35)(H,36,37)/b7-6+,28-15-/t16?,20-/m1/s1. The van der Waals surface area contributed by atoms with E-state index in [0.29, 0.717) is 0 Å². The van der Waals surface area contributed by atoms with Crippen molar-refractivity contribution in [2.24, 2.45) is 5.16 Å². The number of fused-ring (bicyclic) bond motifs is 1. The number of hydrogen-bond donors (Lipinski definition) is 4. The zero-order valence-corrected chi connectivity index (χ0v) is 24.2. The lowest BCUT2D eigenvalue weighted by atomic mass is 10.0. The number of β-lactam (4-membered cyclic amide) rings is 1. The van der Waals surface area contributed by atoms with Gasteiger partial charge >= 0.3 is 11.9 Å².